The molecule has 1 unspecified atom stereocenters. The first kappa shape index (κ1) is 14.9. The van der Waals surface area contributed by atoms with Crippen LogP contribution in [0.4, 0.5) is 10.1 Å². The average molecular weight is 284 g/mol. The third-order valence-electron chi connectivity index (χ3n) is 3.38. The maximum atomic E-state index is 13.6. The van der Waals surface area contributed by atoms with Gasteiger partial charge >= 0.3 is 0 Å². The predicted octanol–water partition coefficient (Wildman–Crippen LogP) is 4.27. The first-order chi connectivity index (χ1) is 10.2. The average Bonchev–Trinajstić information content (AvgIpc) is 2.53. The molecule has 0 heterocycles. The van der Waals surface area contributed by atoms with Gasteiger partial charge in [0.15, 0.2) is 0 Å². The van der Waals surface area contributed by atoms with Gasteiger partial charge in [-0.05, 0) is 36.2 Å². The molecule has 0 aliphatic carbocycles. The fourth-order valence-electron chi connectivity index (χ4n) is 2.20. The number of hydrogen-bond donors (Lipinski definition) is 1. The van der Waals surface area contributed by atoms with Crippen molar-refractivity contribution in [3.8, 4) is 11.8 Å². The zero-order chi connectivity index (χ0) is 15.2. The highest BCUT2D eigenvalue weighted by Gasteiger charge is 2.13. The molecule has 0 bridgehead atoms. The van der Waals surface area contributed by atoms with E-state index in [9.17, 15) is 4.39 Å². The number of hydrogen-bond acceptors (Lipinski definition) is 3. The molecule has 0 aliphatic heterocycles. The second-order valence-electron chi connectivity index (χ2n) is 4.65. The van der Waals surface area contributed by atoms with E-state index < -0.39 is 5.82 Å². The minimum atomic E-state index is -0.507. The van der Waals surface area contributed by atoms with Crippen molar-refractivity contribution in [1.29, 1.82) is 5.26 Å². The van der Waals surface area contributed by atoms with Crippen molar-refractivity contribution in [2.24, 2.45) is 0 Å². The number of methoxy groups -OCH3 is 1. The normalized spacial score (nSPS) is 11.5. The Balaban J connectivity index is 2.27. The van der Waals surface area contributed by atoms with Crippen molar-refractivity contribution in [2.75, 3.05) is 12.4 Å². The van der Waals surface area contributed by atoms with E-state index in [1.807, 2.05) is 37.3 Å². The Bertz CT molecular complexity index is 647. The van der Waals surface area contributed by atoms with Crippen LogP contribution in [-0.4, -0.2) is 7.11 Å². The summed E-state index contributed by atoms with van der Waals surface area (Å²) in [5, 5.41) is 12.3. The van der Waals surface area contributed by atoms with Gasteiger partial charge in [-0.2, -0.15) is 5.26 Å². The zero-order valence-electron chi connectivity index (χ0n) is 12.1. The molecule has 0 radical (unpaired) electrons. The molecule has 0 spiro atoms. The lowest BCUT2D eigenvalue weighted by Crippen LogP contribution is -2.11. The summed E-state index contributed by atoms with van der Waals surface area (Å²) in [5.41, 5.74) is 1.62. The standard InChI is InChI=1S/C17H17FN2O/c1-3-16(12-7-9-13(21-2)10-8-12)20-17-6-4-5-15(18)14(17)11-19/h4-10,16,20H,3H2,1-2H3. The van der Waals surface area contributed by atoms with Crippen LogP contribution in [0.2, 0.25) is 0 Å². The molecule has 0 amide bonds. The van der Waals surface area contributed by atoms with Crippen LogP contribution in [0.15, 0.2) is 42.5 Å². The molecule has 0 saturated carbocycles. The second kappa shape index (κ2) is 6.76. The molecular weight excluding hydrogens is 267 g/mol. The van der Waals surface area contributed by atoms with Crippen LogP contribution in [0, 0.1) is 17.1 Å². The summed E-state index contributed by atoms with van der Waals surface area (Å²) in [6.45, 7) is 2.03. The topological polar surface area (TPSA) is 45.0 Å². The summed E-state index contributed by atoms with van der Waals surface area (Å²) >= 11 is 0. The van der Waals surface area contributed by atoms with Crippen molar-refractivity contribution >= 4 is 5.69 Å². The second-order valence-corrected chi connectivity index (χ2v) is 4.65. The summed E-state index contributed by atoms with van der Waals surface area (Å²) in [5.74, 6) is 0.282. The smallest absolute Gasteiger partial charge is 0.143 e. The van der Waals surface area contributed by atoms with Crippen LogP contribution in [-0.2, 0) is 0 Å². The Morgan fingerprint density at radius 2 is 1.95 bits per heavy atom. The van der Waals surface area contributed by atoms with Gasteiger partial charge < -0.3 is 10.1 Å². The van der Waals surface area contributed by atoms with Gasteiger partial charge in [0.2, 0.25) is 0 Å². The first-order valence-corrected chi connectivity index (χ1v) is 6.78. The molecule has 1 atom stereocenters. The molecule has 0 saturated heterocycles. The predicted molar refractivity (Wildman–Crippen MR) is 80.8 cm³/mol. The maximum Gasteiger partial charge on any atom is 0.143 e. The number of halogens is 1. The van der Waals surface area contributed by atoms with E-state index in [4.69, 9.17) is 10.00 Å². The van der Waals surface area contributed by atoms with Crippen molar-refractivity contribution in [3.63, 3.8) is 0 Å². The van der Waals surface area contributed by atoms with E-state index in [1.165, 1.54) is 6.07 Å². The molecule has 0 aromatic heterocycles. The lowest BCUT2D eigenvalue weighted by Gasteiger charge is -2.20. The van der Waals surface area contributed by atoms with Crippen molar-refractivity contribution in [3.05, 3.63) is 59.4 Å². The monoisotopic (exact) mass is 284 g/mol. The van der Waals surface area contributed by atoms with Gasteiger partial charge in [-0.25, -0.2) is 4.39 Å². The van der Waals surface area contributed by atoms with Gasteiger partial charge in [-0.3, -0.25) is 0 Å². The van der Waals surface area contributed by atoms with Crippen LogP contribution in [0.3, 0.4) is 0 Å². The number of nitrogens with one attached hydrogen (secondary N) is 1. The Morgan fingerprint density at radius 1 is 1.24 bits per heavy atom. The molecule has 2 aromatic rings. The van der Waals surface area contributed by atoms with Crippen LogP contribution in [0.5, 0.6) is 5.75 Å². The van der Waals surface area contributed by atoms with E-state index in [1.54, 1.807) is 19.2 Å². The van der Waals surface area contributed by atoms with Gasteiger partial charge in [0.25, 0.3) is 0 Å². The molecule has 21 heavy (non-hydrogen) atoms. The summed E-state index contributed by atoms with van der Waals surface area (Å²) < 4.78 is 18.8. The Kier molecular flexibility index (Phi) is 4.78. The van der Waals surface area contributed by atoms with Crippen molar-refractivity contribution in [1.82, 2.24) is 0 Å². The van der Waals surface area contributed by atoms with E-state index >= 15 is 0 Å². The fourth-order valence-corrected chi connectivity index (χ4v) is 2.20. The summed E-state index contributed by atoms with van der Waals surface area (Å²) in [4.78, 5) is 0. The number of anilines is 1. The van der Waals surface area contributed by atoms with Gasteiger partial charge in [0.1, 0.15) is 23.2 Å². The summed E-state index contributed by atoms with van der Waals surface area (Å²) in [7, 11) is 1.62. The molecule has 0 fully saturated rings. The summed E-state index contributed by atoms with van der Waals surface area (Å²) in [6.07, 6.45) is 0.813. The van der Waals surface area contributed by atoms with Crippen LogP contribution >= 0.6 is 0 Å². The van der Waals surface area contributed by atoms with E-state index in [0.717, 1.165) is 17.7 Å². The van der Waals surface area contributed by atoms with E-state index in [0.29, 0.717) is 5.69 Å². The highest BCUT2D eigenvalue weighted by molar-refractivity contribution is 5.59. The quantitative estimate of drug-likeness (QED) is 0.891. The fraction of sp³-hybridized carbons (Fsp3) is 0.235. The van der Waals surface area contributed by atoms with Crippen LogP contribution < -0.4 is 10.1 Å². The molecule has 2 aromatic carbocycles. The van der Waals surface area contributed by atoms with Gasteiger partial charge in [-0.1, -0.05) is 25.1 Å². The minimum absolute atomic E-state index is 0.00445. The Labute approximate surface area is 124 Å². The summed E-state index contributed by atoms with van der Waals surface area (Å²) in [6, 6.07) is 14.2. The lowest BCUT2D eigenvalue weighted by molar-refractivity contribution is 0.414. The molecule has 108 valence electrons. The number of nitriles is 1. The van der Waals surface area contributed by atoms with Gasteiger partial charge in [-0.15, -0.1) is 0 Å². The minimum Gasteiger partial charge on any atom is -0.497 e. The SMILES string of the molecule is CCC(Nc1cccc(F)c1C#N)c1ccc(OC)cc1. The molecule has 4 heteroatoms. The van der Waals surface area contributed by atoms with Crippen molar-refractivity contribution < 1.29 is 9.13 Å². The van der Waals surface area contributed by atoms with Gasteiger partial charge in [0.05, 0.1) is 18.8 Å². The largest absolute Gasteiger partial charge is 0.497 e. The number of benzene rings is 2. The molecule has 1 N–H and O–H groups in total. The number of rotatable bonds is 5. The first-order valence-electron chi connectivity index (χ1n) is 6.78. The number of nitrogens with zero attached hydrogens (tertiary/aromatic N) is 1. The Morgan fingerprint density at radius 3 is 2.52 bits per heavy atom. The third kappa shape index (κ3) is 3.32. The highest BCUT2D eigenvalue weighted by Crippen LogP contribution is 2.27. The van der Waals surface area contributed by atoms with Gasteiger partial charge in [0, 0.05) is 0 Å². The van der Waals surface area contributed by atoms with Crippen LogP contribution in [0.25, 0.3) is 0 Å². The highest BCUT2D eigenvalue weighted by atomic mass is 19.1. The van der Waals surface area contributed by atoms with E-state index in [2.05, 4.69) is 5.32 Å². The zero-order valence-corrected chi connectivity index (χ0v) is 12.1. The number of ether oxygens (including phenoxy) is 1. The van der Waals surface area contributed by atoms with E-state index in [-0.39, 0.29) is 11.6 Å². The van der Waals surface area contributed by atoms with Crippen LogP contribution in [0.1, 0.15) is 30.5 Å². The molecule has 3 nitrogen and oxygen atoms in total. The molecular formula is C17H17FN2O. The lowest BCUT2D eigenvalue weighted by atomic mass is 10.0. The molecule has 0 aliphatic rings. The molecule has 2 rings (SSSR count). The maximum absolute atomic E-state index is 13.6. The third-order valence-corrected chi connectivity index (χ3v) is 3.38. The van der Waals surface area contributed by atoms with Crippen molar-refractivity contribution in [2.45, 2.75) is 19.4 Å². The Hall–Kier alpha value is -2.54.